The monoisotopic (exact) mass is 262 g/mol. The maximum atomic E-state index is 12.4. The van der Waals surface area contributed by atoms with Crippen molar-refractivity contribution in [3.8, 4) is 0 Å². The van der Waals surface area contributed by atoms with Crippen molar-refractivity contribution in [3.63, 3.8) is 0 Å². The van der Waals surface area contributed by atoms with Gasteiger partial charge in [-0.3, -0.25) is 9.69 Å². The fourth-order valence-electron chi connectivity index (χ4n) is 2.56. The molecule has 1 unspecified atom stereocenters. The number of carbonyl (C=O) groups excluding carboxylic acids is 1. The molecule has 0 spiro atoms. The molecule has 0 saturated carbocycles. The SMILES string of the molecule is CCN(C(=O)CN1CCCC(O)C1)c1ccccc1. The molecule has 0 radical (unpaired) electrons. The molecular formula is C15H22N2O2. The first kappa shape index (κ1) is 14.0. The largest absolute Gasteiger partial charge is 0.392 e. The van der Waals surface area contributed by atoms with Gasteiger partial charge in [-0.25, -0.2) is 0 Å². The second kappa shape index (κ2) is 6.68. The Balaban J connectivity index is 1.97. The summed E-state index contributed by atoms with van der Waals surface area (Å²) in [7, 11) is 0. The highest BCUT2D eigenvalue weighted by Gasteiger charge is 2.22. The lowest BCUT2D eigenvalue weighted by atomic mass is 10.1. The number of para-hydroxylation sites is 1. The summed E-state index contributed by atoms with van der Waals surface area (Å²) in [6, 6.07) is 9.73. The van der Waals surface area contributed by atoms with Gasteiger partial charge in [-0.2, -0.15) is 0 Å². The lowest BCUT2D eigenvalue weighted by Crippen LogP contribution is -2.45. The number of aliphatic hydroxyl groups is 1. The zero-order valence-corrected chi connectivity index (χ0v) is 11.5. The van der Waals surface area contributed by atoms with Crippen molar-refractivity contribution in [2.75, 3.05) is 31.1 Å². The van der Waals surface area contributed by atoms with Crippen LogP contribution in [0.4, 0.5) is 5.69 Å². The number of piperidine rings is 1. The molecule has 1 N–H and O–H groups in total. The second-order valence-corrected chi connectivity index (χ2v) is 5.00. The summed E-state index contributed by atoms with van der Waals surface area (Å²) < 4.78 is 0. The highest BCUT2D eigenvalue weighted by molar-refractivity contribution is 5.94. The number of anilines is 1. The summed E-state index contributed by atoms with van der Waals surface area (Å²) in [4.78, 5) is 16.2. The summed E-state index contributed by atoms with van der Waals surface area (Å²) in [5.74, 6) is 0.0998. The van der Waals surface area contributed by atoms with Gasteiger partial charge in [0.2, 0.25) is 5.91 Å². The third-order valence-electron chi connectivity index (χ3n) is 3.52. The summed E-state index contributed by atoms with van der Waals surface area (Å²) in [5, 5.41) is 9.64. The molecule has 1 saturated heterocycles. The van der Waals surface area contributed by atoms with Gasteiger partial charge >= 0.3 is 0 Å². The highest BCUT2D eigenvalue weighted by Crippen LogP contribution is 2.15. The maximum absolute atomic E-state index is 12.4. The van der Waals surface area contributed by atoms with Gasteiger partial charge in [-0.15, -0.1) is 0 Å². The number of carbonyl (C=O) groups is 1. The number of nitrogens with zero attached hydrogens (tertiary/aromatic N) is 2. The first-order valence-corrected chi connectivity index (χ1v) is 6.96. The van der Waals surface area contributed by atoms with E-state index in [9.17, 15) is 9.90 Å². The maximum Gasteiger partial charge on any atom is 0.241 e. The highest BCUT2D eigenvalue weighted by atomic mass is 16.3. The van der Waals surface area contributed by atoms with Gasteiger partial charge in [0, 0.05) is 18.8 Å². The van der Waals surface area contributed by atoms with Crippen LogP contribution in [0.3, 0.4) is 0 Å². The van der Waals surface area contributed by atoms with Crippen molar-refractivity contribution in [2.45, 2.75) is 25.9 Å². The Labute approximate surface area is 114 Å². The van der Waals surface area contributed by atoms with E-state index >= 15 is 0 Å². The smallest absolute Gasteiger partial charge is 0.241 e. The molecular weight excluding hydrogens is 240 g/mol. The van der Waals surface area contributed by atoms with E-state index in [0.29, 0.717) is 19.6 Å². The Hall–Kier alpha value is -1.39. The number of likely N-dealkylation sites (N-methyl/N-ethyl adjacent to an activating group) is 1. The minimum atomic E-state index is -0.284. The fourth-order valence-corrected chi connectivity index (χ4v) is 2.56. The predicted molar refractivity (Wildman–Crippen MR) is 76.1 cm³/mol. The molecule has 1 amide bonds. The van der Waals surface area contributed by atoms with E-state index < -0.39 is 0 Å². The van der Waals surface area contributed by atoms with E-state index in [1.54, 1.807) is 4.90 Å². The van der Waals surface area contributed by atoms with Gasteiger partial charge in [0.05, 0.1) is 12.6 Å². The zero-order valence-electron chi connectivity index (χ0n) is 11.5. The van der Waals surface area contributed by atoms with Crippen molar-refractivity contribution >= 4 is 11.6 Å². The topological polar surface area (TPSA) is 43.8 Å². The summed E-state index contributed by atoms with van der Waals surface area (Å²) in [6.45, 7) is 4.54. The predicted octanol–water partition coefficient (Wildman–Crippen LogP) is 1.50. The fraction of sp³-hybridized carbons (Fsp3) is 0.533. The Morgan fingerprint density at radius 3 is 2.79 bits per heavy atom. The molecule has 4 nitrogen and oxygen atoms in total. The van der Waals surface area contributed by atoms with E-state index in [-0.39, 0.29) is 12.0 Å². The lowest BCUT2D eigenvalue weighted by molar-refractivity contribution is -0.120. The Morgan fingerprint density at radius 1 is 1.42 bits per heavy atom. The molecule has 4 heteroatoms. The van der Waals surface area contributed by atoms with Crippen LogP contribution >= 0.6 is 0 Å². The Kier molecular flexibility index (Phi) is 4.93. The van der Waals surface area contributed by atoms with Crippen LogP contribution in [-0.2, 0) is 4.79 Å². The van der Waals surface area contributed by atoms with Crippen molar-refractivity contribution in [1.82, 2.24) is 4.90 Å². The lowest BCUT2D eigenvalue weighted by Gasteiger charge is -2.31. The van der Waals surface area contributed by atoms with Gasteiger partial charge in [-0.1, -0.05) is 18.2 Å². The normalized spacial score (nSPS) is 20.2. The molecule has 1 aromatic rings. The average molecular weight is 262 g/mol. The Morgan fingerprint density at radius 2 is 2.16 bits per heavy atom. The van der Waals surface area contributed by atoms with Crippen molar-refractivity contribution in [2.24, 2.45) is 0 Å². The molecule has 2 rings (SSSR count). The van der Waals surface area contributed by atoms with Crippen LogP contribution in [0.15, 0.2) is 30.3 Å². The van der Waals surface area contributed by atoms with Gasteiger partial charge in [0.15, 0.2) is 0 Å². The van der Waals surface area contributed by atoms with E-state index in [1.807, 2.05) is 42.2 Å². The molecule has 19 heavy (non-hydrogen) atoms. The van der Waals surface area contributed by atoms with E-state index in [2.05, 4.69) is 0 Å². The number of rotatable bonds is 4. The standard InChI is InChI=1S/C15H22N2O2/c1-2-17(13-7-4-3-5-8-13)15(19)12-16-10-6-9-14(18)11-16/h3-5,7-8,14,18H,2,6,9-12H2,1H3. The molecule has 0 bridgehead atoms. The van der Waals surface area contributed by atoms with Crippen LogP contribution in [0.5, 0.6) is 0 Å². The van der Waals surface area contributed by atoms with E-state index in [1.165, 1.54) is 0 Å². The van der Waals surface area contributed by atoms with Gasteiger partial charge in [0.25, 0.3) is 0 Å². The number of likely N-dealkylation sites (tertiary alicyclic amines) is 1. The van der Waals surface area contributed by atoms with Crippen molar-refractivity contribution in [1.29, 1.82) is 0 Å². The Bertz CT molecular complexity index is 408. The number of amides is 1. The third kappa shape index (κ3) is 3.78. The van der Waals surface area contributed by atoms with Crippen LogP contribution in [-0.4, -0.2) is 48.2 Å². The first-order chi connectivity index (χ1) is 9.20. The van der Waals surface area contributed by atoms with Crippen molar-refractivity contribution < 1.29 is 9.90 Å². The molecule has 0 aliphatic carbocycles. The van der Waals surface area contributed by atoms with Crippen LogP contribution in [0.2, 0.25) is 0 Å². The summed E-state index contributed by atoms with van der Waals surface area (Å²) in [6.07, 6.45) is 1.53. The molecule has 1 aliphatic rings. The summed E-state index contributed by atoms with van der Waals surface area (Å²) >= 11 is 0. The summed E-state index contributed by atoms with van der Waals surface area (Å²) in [5.41, 5.74) is 0.938. The minimum absolute atomic E-state index is 0.0998. The molecule has 1 fully saturated rings. The number of aliphatic hydroxyl groups excluding tert-OH is 1. The quantitative estimate of drug-likeness (QED) is 0.894. The van der Waals surface area contributed by atoms with Gasteiger partial charge < -0.3 is 10.0 Å². The molecule has 104 valence electrons. The van der Waals surface area contributed by atoms with Crippen molar-refractivity contribution in [3.05, 3.63) is 30.3 Å². The number of hydrogen-bond acceptors (Lipinski definition) is 3. The van der Waals surface area contributed by atoms with Crippen LogP contribution in [0, 0.1) is 0 Å². The van der Waals surface area contributed by atoms with E-state index in [0.717, 1.165) is 25.1 Å². The number of hydrogen-bond donors (Lipinski definition) is 1. The van der Waals surface area contributed by atoms with Gasteiger partial charge in [-0.05, 0) is 38.4 Å². The average Bonchev–Trinajstić information content (AvgIpc) is 2.41. The van der Waals surface area contributed by atoms with E-state index in [4.69, 9.17) is 0 Å². The number of benzene rings is 1. The molecule has 1 atom stereocenters. The second-order valence-electron chi connectivity index (χ2n) is 5.00. The molecule has 1 heterocycles. The van der Waals surface area contributed by atoms with Crippen LogP contribution in [0.25, 0.3) is 0 Å². The molecule has 1 aliphatic heterocycles. The van der Waals surface area contributed by atoms with Crippen LogP contribution < -0.4 is 4.90 Å². The number of β-amino-alcohol motifs (C(OH)–C–C–N with tert-alkyl or cyclic N) is 1. The molecule has 0 aromatic heterocycles. The molecule has 1 aromatic carbocycles. The minimum Gasteiger partial charge on any atom is -0.392 e. The van der Waals surface area contributed by atoms with Gasteiger partial charge in [0.1, 0.15) is 0 Å². The van der Waals surface area contributed by atoms with Crippen LogP contribution in [0.1, 0.15) is 19.8 Å². The third-order valence-corrected chi connectivity index (χ3v) is 3.52. The first-order valence-electron chi connectivity index (χ1n) is 6.96. The zero-order chi connectivity index (χ0) is 13.7.